The molecule has 0 saturated heterocycles. The van der Waals surface area contributed by atoms with E-state index in [2.05, 4.69) is 13.8 Å². The fourth-order valence-corrected chi connectivity index (χ4v) is 7.54. The van der Waals surface area contributed by atoms with Crippen LogP contribution in [0.5, 0.6) is 0 Å². The van der Waals surface area contributed by atoms with Gasteiger partial charge in [-0.05, 0) is 92.8 Å². The van der Waals surface area contributed by atoms with Gasteiger partial charge in [0.15, 0.2) is 0 Å². The quantitative estimate of drug-likeness (QED) is 0.395. The van der Waals surface area contributed by atoms with Crippen molar-refractivity contribution in [1.82, 2.24) is 0 Å². The molecule has 3 aliphatic carbocycles. The molecule has 3 rings (SSSR count). The highest BCUT2D eigenvalue weighted by atomic mass is 16.2. The zero-order chi connectivity index (χ0) is 19.8. The first-order chi connectivity index (χ1) is 13.7. The molecule has 3 fully saturated rings. The summed E-state index contributed by atoms with van der Waals surface area (Å²) in [5, 5.41) is 8.96. The molecule has 1 heteroatoms. The normalized spacial score (nSPS) is 39.8. The average Bonchev–Trinajstić information content (AvgIpc) is 2.77. The summed E-state index contributed by atoms with van der Waals surface area (Å²) in [4.78, 5) is 0. The average molecular weight is 391 g/mol. The van der Waals surface area contributed by atoms with Crippen LogP contribution in [0.2, 0.25) is 0 Å². The Balaban J connectivity index is 1.41. The lowest BCUT2D eigenvalue weighted by atomic mass is 9.60. The molecule has 1 nitrogen and oxygen atoms in total. The van der Waals surface area contributed by atoms with E-state index in [1.807, 2.05) is 0 Å². The van der Waals surface area contributed by atoms with Crippen LogP contribution in [-0.2, 0) is 0 Å². The largest absolute Gasteiger partial charge is 0.396 e. The molecule has 3 unspecified atom stereocenters. The van der Waals surface area contributed by atoms with Crippen molar-refractivity contribution in [2.45, 2.75) is 123 Å². The summed E-state index contributed by atoms with van der Waals surface area (Å²) < 4.78 is 0. The lowest BCUT2D eigenvalue weighted by Crippen LogP contribution is -2.35. The molecule has 28 heavy (non-hydrogen) atoms. The second-order valence-corrected chi connectivity index (χ2v) is 10.9. The summed E-state index contributed by atoms with van der Waals surface area (Å²) >= 11 is 0. The van der Waals surface area contributed by atoms with E-state index in [0.717, 1.165) is 47.8 Å². The fraction of sp³-hybridized carbons (Fsp3) is 1.00. The zero-order valence-electron chi connectivity index (χ0n) is 19.2. The van der Waals surface area contributed by atoms with E-state index in [9.17, 15) is 0 Å². The Morgan fingerprint density at radius 3 is 1.89 bits per heavy atom. The van der Waals surface area contributed by atoms with Crippen molar-refractivity contribution in [2.75, 3.05) is 6.61 Å². The molecule has 164 valence electrons. The molecule has 0 aromatic carbocycles. The number of aliphatic hydroxyl groups excluding tert-OH is 1. The second-order valence-electron chi connectivity index (χ2n) is 10.9. The molecule has 3 aliphatic rings. The lowest BCUT2D eigenvalue weighted by molar-refractivity contribution is 0.0525. The lowest BCUT2D eigenvalue weighted by Gasteiger charge is -2.45. The number of aliphatic hydroxyl groups is 1. The van der Waals surface area contributed by atoms with Gasteiger partial charge in [0.2, 0.25) is 0 Å². The highest BCUT2D eigenvalue weighted by Gasteiger charge is 2.38. The minimum absolute atomic E-state index is 0.383. The molecule has 0 amide bonds. The van der Waals surface area contributed by atoms with Gasteiger partial charge >= 0.3 is 0 Å². The predicted octanol–water partition coefficient (Wildman–Crippen LogP) is 8.00. The summed E-state index contributed by atoms with van der Waals surface area (Å²) in [5.74, 6) is 7.34. The number of hydrogen-bond donors (Lipinski definition) is 1. The molecule has 0 aromatic rings. The fourth-order valence-electron chi connectivity index (χ4n) is 7.54. The number of hydrogen-bond acceptors (Lipinski definition) is 1. The van der Waals surface area contributed by atoms with Gasteiger partial charge in [0.05, 0.1) is 0 Å². The van der Waals surface area contributed by atoms with Crippen LogP contribution in [0.4, 0.5) is 0 Å². The van der Waals surface area contributed by atoms with E-state index in [1.165, 1.54) is 70.6 Å². The molecule has 0 heterocycles. The number of unbranched alkanes of at least 4 members (excludes halogenated alkanes) is 2. The standard InChI is InChI=1S/C27H50O/c1-3-21-9-13-24(14-10-21)26-17-18-27(23(4-2)20-26)25-15-11-22(12-16-25)8-6-5-7-19-28/h21-28H,3-20H2,1-2H3. The van der Waals surface area contributed by atoms with Crippen molar-refractivity contribution in [3.05, 3.63) is 0 Å². The molecule has 1 N–H and O–H groups in total. The Hall–Kier alpha value is -0.0400. The summed E-state index contributed by atoms with van der Waals surface area (Å²) in [7, 11) is 0. The van der Waals surface area contributed by atoms with Crippen LogP contribution in [0, 0.1) is 41.4 Å². The highest BCUT2D eigenvalue weighted by molar-refractivity contribution is 4.89. The maximum absolute atomic E-state index is 8.96. The molecule has 0 bridgehead atoms. The first-order valence-electron chi connectivity index (χ1n) is 13.4. The topological polar surface area (TPSA) is 20.2 Å². The molecule has 0 aromatic heterocycles. The van der Waals surface area contributed by atoms with Crippen LogP contribution in [0.15, 0.2) is 0 Å². The van der Waals surface area contributed by atoms with Crippen molar-refractivity contribution >= 4 is 0 Å². The Morgan fingerprint density at radius 2 is 1.25 bits per heavy atom. The first kappa shape index (κ1) is 22.6. The molecular formula is C27H50O. The van der Waals surface area contributed by atoms with Crippen LogP contribution in [-0.4, -0.2) is 11.7 Å². The van der Waals surface area contributed by atoms with E-state index >= 15 is 0 Å². The SMILES string of the molecule is CCC1CCC(C2CCC(C3CCC(CCCCCO)CC3)C(CC)C2)CC1. The number of rotatable bonds is 9. The maximum atomic E-state index is 8.96. The second kappa shape index (κ2) is 12.0. The van der Waals surface area contributed by atoms with Gasteiger partial charge in [-0.25, -0.2) is 0 Å². The van der Waals surface area contributed by atoms with Gasteiger partial charge in [0.25, 0.3) is 0 Å². The van der Waals surface area contributed by atoms with Crippen molar-refractivity contribution in [3.8, 4) is 0 Å². The van der Waals surface area contributed by atoms with Crippen molar-refractivity contribution < 1.29 is 5.11 Å². The molecule has 3 atom stereocenters. The minimum atomic E-state index is 0.383. The van der Waals surface area contributed by atoms with Crippen LogP contribution in [0.1, 0.15) is 123 Å². The summed E-state index contributed by atoms with van der Waals surface area (Å²) in [6.07, 6.45) is 24.8. The van der Waals surface area contributed by atoms with E-state index in [1.54, 1.807) is 32.1 Å². The van der Waals surface area contributed by atoms with Gasteiger partial charge in [-0.15, -0.1) is 0 Å². The summed E-state index contributed by atoms with van der Waals surface area (Å²) in [6.45, 7) is 5.27. The van der Waals surface area contributed by atoms with Crippen molar-refractivity contribution in [3.63, 3.8) is 0 Å². The van der Waals surface area contributed by atoms with E-state index < -0.39 is 0 Å². The molecule has 0 aliphatic heterocycles. The van der Waals surface area contributed by atoms with Gasteiger partial charge < -0.3 is 5.11 Å². The smallest absolute Gasteiger partial charge is 0.0431 e. The van der Waals surface area contributed by atoms with Crippen molar-refractivity contribution in [2.24, 2.45) is 41.4 Å². The molecule has 0 spiro atoms. The Morgan fingerprint density at radius 1 is 0.607 bits per heavy atom. The van der Waals surface area contributed by atoms with Crippen LogP contribution >= 0.6 is 0 Å². The summed E-state index contributed by atoms with van der Waals surface area (Å²) in [5.41, 5.74) is 0. The zero-order valence-corrected chi connectivity index (χ0v) is 19.2. The molecule has 3 saturated carbocycles. The predicted molar refractivity (Wildman–Crippen MR) is 121 cm³/mol. The Kier molecular flexibility index (Phi) is 9.68. The van der Waals surface area contributed by atoms with E-state index in [-0.39, 0.29) is 0 Å². The Labute approximate surface area is 176 Å². The van der Waals surface area contributed by atoms with Crippen LogP contribution in [0.3, 0.4) is 0 Å². The first-order valence-corrected chi connectivity index (χ1v) is 13.4. The minimum Gasteiger partial charge on any atom is -0.396 e. The Bertz CT molecular complexity index is 402. The van der Waals surface area contributed by atoms with Gasteiger partial charge in [0.1, 0.15) is 0 Å². The van der Waals surface area contributed by atoms with Gasteiger partial charge in [-0.2, -0.15) is 0 Å². The molecule has 0 radical (unpaired) electrons. The van der Waals surface area contributed by atoms with E-state index in [4.69, 9.17) is 5.11 Å². The maximum Gasteiger partial charge on any atom is 0.0431 e. The van der Waals surface area contributed by atoms with Gasteiger partial charge in [-0.3, -0.25) is 0 Å². The third-order valence-corrected chi connectivity index (χ3v) is 9.51. The monoisotopic (exact) mass is 390 g/mol. The van der Waals surface area contributed by atoms with Crippen LogP contribution in [0.25, 0.3) is 0 Å². The van der Waals surface area contributed by atoms with Crippen LogP contribution < -0.4 is 0 Å². The third kappa shape index (κ3) is 6.23. The summed E-state index contributed by atoms with van der Waals surface area (Å²) in [6, 6.07) is 0. The highest BCUT2D eigenvalue weighted by Crippen LogP contribution is 2.49. The van der Waals surface area contributed by atoms with Crippen molar-refractivity contribution in [1.29, 1.82) is 0 Å². The molecular weight excluding hydrogens is 340 g/mol. The third-order valence-electron chi connectivity index (χ3n) is 9.51. The van der Waals surface area contributed by atoms with Gasteiger partial charge in [0, 0.05) is 6.61 Å². The van der Waals surface area contributed by atoms with E-state index in [0.29, 0.717) is 6.61 Å². The van der Waals surface area contributed by atoms with Gasteiger partial charge in [-0.1, -0.05) is 71.6 Å².